The number of thiazole rings is 1. The Morgan fingerprint density at radius 2 is 1.67 bits per heavy atom. The van der Waals surface area contributed by atoms with Gasteiger partial charge in [-0.25, -0.2) is 9.98 Å². The van der Waals surface area contributed by atoms with Gasteiger partial charge in [-0.3, -0.25) is 10.1 Å². The van der Waals surface area contributed by atoms with Crippen molar-refractivity contribution in [3.63, 3.8) is 0 Å². The first-order valence-corrected chi connectivity index (χ1v) is 9.95. The third kappa shape index (κ3) is 4.11. The van der Waals surface area contributed by atoms with Gasteiger partial charge in [0.15, 0.2) is 0 Å². The van der Waals surface area contributed by atoms with Gasteiger partial charge in [-0.2, -0.15) is 0 Å². The molecule has 4 rings (SSSR count). The van der Waals surface area contributed by atoms with Gasteiger partial charge in [0, 0.05) is 29.5 Å². The van der Waals surface area contributed by atoms with E-state index in [1.165, 1.54) is 23.5 Å². The molecule has 0 aliphatic rings. The number of nitrogens with zero attached hydrogens (tertiary/aromatic N) is 3. The number of methoxy groups -OCH3 is 1. The van der Waals surface area contributed by atoms with E-state index in [0.29, 0.717) is 5.13 Å². The summed E-state index contributed by atoms with van der Waals surface area (Å²) >= 11 is 1.43. The molecule has 4 aromatic rings. The van der Waals surface area contributed by atoms with E-state index >= 15 is 0 Å². The number of hydrogen-bond donors (Lipinski definition) is 0. The first-order valence-electron chi connectivity index (χ1n) is 9.14. The van der Waals surface area contributed by atoms with Crippen molar-refractivity contribution in [2.75, 3.05) is 7.11 Å². The van der Waals surface area contributed by atoms with Crippen LogP contribution in [0.1, 0.15) is 5.56 Å². The van der Waals surface area contributed by atoms with Gasteiger partial charge in [0.1, 0.15) is 5.75 Å². The van der Waals surface area contributed by atoms with Gasteiger partial charge in [0.05, 0.1) is 22.6 Å². The van der Waals surface area contributed by atoms with Crippen molar-refractivity contribution >= 4 is 28.4 Å². The van der Waals surface area contributed by atoms with E-state index in [-0.39, 0.29) is 5.69 Å². The number of nitro benzene ring substituents is 1. The summed E-state index contributed by atoms with van der Waals surface area (Å²) in [4.78, 5) is 20.8. The van der Waals surface area contributed by atoms with Gasteiger partial charge in [-0.15, -0.1) is 0 Å². The predicted octanol–water partition coefficient (Wildman–Crippen LogP) is 6.14. The molecule has 0 N–H and O–H groups in total. The lowest BCUT2D eigenvalue weighted by atomic mass is 10.1. The average molecular weight is 415 g/mol. The number of ether oxygens (including phenoxy) is 1. The molecule has 0 spiro atoms. The van der Waals surface area contributed by atoms with Gasteiger partial charge in [-0.1, -0.05) is 53.8 Å². The largest absolute Gasteiger partial charge is 0.496 e. The molecule has 0 saturated carbocycles. The van der Waals surface area contributed by atoms with Crippen LogP contribution in [-0.2, 0) is 0 Å². The van der Waals surface area contributed by atoms with Crippen LogP contribution >= 0.6 is 11.3 Å². The Morgan fingerprint density at radius 1 is 0.967 bits per heavy atom. The Balaban J connectivity index is 1.76. The Hall–Kier alpha value is -3.84. The predicted molar refractivity (Wildman–Crippen MR) is 120 cm³/mol. The monoisotopic (exact) mass is 415 g/mol. The lowest BCUT2D eigenvalue weighted by Gasteiger charge is -2.02. The number of rotatable bonds is 6. The van der Waals surface area contributed by atoms with Crippen LogP contribution < -0.4 is 4.74 Å². The molecular formula is C23H17N3O3S. The van der Waals surface area contributed by atoms with E-state index in [0.717, 1.165) is 33.0 Å². The second-order valence-electron chi connectivity index (χ2n) is 6.34. The third-order valence-electron chi connectivity index (χ3n) is 4.46. The maximum absolute atomic E-state index is 11.0. The van der Waals surface area contributed by atoms with Crippen LogP contribution in [0.25, 0.3) is 21.7 Å². The SMILES string of the molecule is COc1ccccc1C=Nc1nc(-c2ccccc2)c(-c2ccc([N+](=O)[O-])cc2)s1. The van der Waals surface area contributed by atoms with Crippen LogP contribution in [0.2, 0.25) is 0 Å². The topological polar surface area (TPSA) is 77.6 Å². The fourth-order valence-corrected chi connectivity index (χ4v) is 3.92. The molecule has 0 unspecified atom stereocenters. The van der Waals surface area contributed by atoms with Crippen molar-refractivity contribution in [1.29, 1.82) is 0 Å². The molecule has 0 saturated heterocycles. The number of aromatic nitrogens is 1. The molecule has 1 aromatic heterocycles. The maximum Gasteiger partial charge on any atom is 0.269 e. The molecule has 3 aromatic carbocycles. The lowest BCUT2D eigenvalue weighted by molar-refractivity contribution is -0.384. The molecule has 0 atom stereocenters. The van der Waals surface area contributed by atoms with Gasteiger partial charge < -0.3 is 4.74 Å². The van der Waals surface area contributed by atoms with Crippen molar-refractivity contribution in [3.05, 3.63) is 94.5 Å². The van der Waals surface area contributed by atoms with Crippen molar-refractivity contribution in [3.8, 4) is 27.4 Å². The zero-order valence-corrected chi connectivity index (χ0v) is 16.9. The Kier molecular flexibility index (Phi) is 5.63. The first-order chi connectivity index (χ1) is 14.7. The van der Waals surface area contributed by atoms with Gasteiger partial charge in [-0.05, 0) is 29.8 Å². The minimum absolute atomic E-state index is 0.0546. The maximum atomic E-state index is 11.0. The van der Waals surface area contributed by atoms with Crippen LogP contribution in [0.15, 0.2) is 83.9 Å². The molecule has 7 heteroatoms. The normalized spacial score (nSPS) is 11.0. The number of aliphatic imine (C=N–C) groups is 1. The minimum atomic E-state index is -0.405. The molecule has 0 amide bonds. The molecular weight excluding hydrogens is 398 g/mol. The summed E-state index contributed by atoms with van der Waals surface area (Å²) in [7, 11) is 1.62. The van der Waals surface area contributed by atoms with Gasteiger partial charge >= 0.3 is 0 Å². The summed E-state index contributed by atoms with van der Waals surface area (Å²) in [6.07, 6.45) is 1.73. The van der Waals surface area contributed by atoms with E-state index in [4.69, 9.17) is 9.72 Å². The van der Waals surface area contributed by atoms with Crippen molar-refractivity contribution in [1.82, 2.24) is 4.98 Å². The summed E-state index contributed by atoms with van der Waals surface area (Å²) in [5.74, 6) is 0.733. The molecule has 30 heavy (non-hydrogen) atoms. The smallest absolute Gasteiger partial charge is 0.269 e. The molecule has 6 nitrogen and oxygen atoms in total. The van der Waals surface area contributed by atoms with E-state index in [2.05, 4.69) is 4.99 Å². The number of para-hydroxylation sites is 1. The second kappa shape index (κ2) is 8.67. The van der Waals surface area contributed by atoms with E-state index < -0.39 is 4.92 Å². The molecule has 0 aliphatic carbocycles. The Morgan fingerprint density at radius 3 is 2.37 bits per heavy atom. The Bertz CT molecular complexity index is 1200. The molecule has 0 bridgehead atoms. The third-order valence-corrected chi connectivity index (χ3v) is 5.47. The fourth-order valence-electron chi connectivity index (χ4n) is 2.98. The standard InChI is InChI=1S/C23H17N3O3S/c1-29-20-10-6-5-9-18(20)15-24-23-25-21(16-7-3-2-4-8-16)22(30-23)17-11-13-19(14-12-17)26(27)28/h2-15H,1H3. The quantitative estimate of drug-likeness (QED) is 0.215. The number of non-ortho nitro benzene ring substituents is 1. The van der Waals surface area contributed by atoms with Crippen LogP contribution in [-0.4, -0.2) is 23.2 Å². The van der Waals surface area contributed by atoms with Crippen LogP contribution in [0.4, 0.5) is 10.8 Å². The Labute approximate surface area is 177 Å². The van der Waals surface area contributed by atoms with E-state index in [9.17, 15) is 10.1 Å². The highest BCUT2D eigenvalue weighted by Gasteiger charge is 2.16. The lowest BCUT2D eigenvalue weighted by Crippen LogP contribution is -1.89. The number of nitro groups is 1. The first kappa shape index (κ1) is 19.5. The van der Waals surface area contributed by atoms with Crippen molar-refractivity contribution in [2.24, 2.45) is 4.99 Å². The van der Waals surface area contributed by atoms with Crippen LogP contribution in [0.3, 0.4) is 0 Å². The molecule has 148 valence electrons. The van der Waals surface area contributed by atoms with Gasteiger partial charge in [0.25, 0.3) is 5.69 Å². The average Bonchev–Trinajstić information content (AvgIpc) is 3.23. The van der Waals surface area contributed by atoms with Gasteiger partial charge in [0.2, 0.25) is 5.13 Å². The highest BCUT2D eigenvalue weighted by atomic mass is 32.1. The highest BCUT2D eigenvalue weighted by molar-refractivity contribution is 7.19. The fraction of sp³-hybridized carbons (Fsp3) is 0.0435. The summed E-state index contributed by atoms with van der Waals surface area (Å²) < 4.78 is 5.37. The van der Waals surface area contributed by atoms with Crippen LogP contribution in [0, 0.1) is 10.1 Å². The molecule has 0 fully saturated rings. The zero-order chi connectivity index (χ0) is 20.9. The van der Waals surface area contributed by atoms with Crippen molar-refractivity contribution in [2.45, 2.75) is 0 Å². The summed E-state index contributed by atoms with van der Waals surface area (Å²) in [5, 5.41) is 11.6. The van der Waals surface area contributed by atoms with E-state index in [1.54, 1.807) is 25.5 Å². The summed E-state index contributed by atoms with van der Waals surface area (Å²) in [6, 6.07) is 23.9. The summed E-state index contributed by atoms with van der Waals surface area (Å²) in [6.45, 7) is 0. The highest BCUT2D eigenvalue weighted by Crippen LogP contribution is 2.40. The molecule has 1 heterocycles. The second-order valence-corrected chi connectivity index (χ2v) is 7.32. The number of benzene rings is 3. The zero-order valence-electron chi connectivity index (χ0n) is 16.1. The van der Waals surface area contributed by atoms with Crippen LogP contribution in [0.5, 0.6) is 5.75 Å². The number of hydrogen-bond acceptors (Lipinski definition) is 6. The molecule has 0 aliphatic heterocycles. The summed E-state index contributed by atoms with van der Waals surface area (Å²) in [5.41, 5.74) is 3.52. The van der Waals surface area contributed by atoms with E-state index in [1.807, 2.05) is 54.6 Å². The van der Waals surface area contributed by atoms with Crippen molar-refractivity contribution < 1.29 is 9.66 Å². The molecule has 0 radical (unpaired) electrons. The minimum Gasteiger partial charge on any atom is -0.496 e.